The Labute approximate surface area is 118 Å². The molecular weight excluding hydrogens is 312 g/mol. The van der Waals surface area contributed by atoms with E-state index in [9.17, 15) is 9.90 Å². The maximum absolute atomic E-state index is 12.0. The Morgan fingerprint density at radius 3 is 2.79 bits per heavy atom. The molecule has 19 heavy (non-hydrogen) atoms. The van der Waals surface area contributed by atoms with Crippen LogP contribution < -0.4 is 10.1 Å². The molecule has 1 heterocycles. The van der Waals surface area contributed by atoms with Crippen LogP contribution in [-0.4, -0.2) is 23.1 Å². The third-order valence-corrected chi connectivity index (χ3v) is 2.84. The number of carbonyl (C=O) groups excluding carboxylic acids is 1. The first-order chi connectivity index (χ1) is 9.10. The van der Waals surface area contributed by atoms with Gasteiger partial charge in [-0.25, -0.2) is 4.98 Å². The largest absolute Gasteiger partial charge is 0.504 e. The third-order valence-electron chi connectivity index (χ3n) is 2.40. The Bertz CT molecular complexity index is 617. The van der Waals surface area contributed by atoms with Gasteiger partial charge in [-0.1, -0.05) is 6.07 Å². The van der Waals surface area contributed by atoms with Crippen molar-refractivity contribution in [3.8, 4) is 11.5 Å². The van der Waals surface area contributed by atoms with Crippen molar-refractivity contribution < 1.29 is 14.6 Å². The monoisotopic (exact) mass is 322 g/mol. The number of rotatable bonds is 3. The minimum atomic E-state index is -0.358. The Balaban J connectivity index is 2.18. The van der Waals surface area contributed by atoms with E-state index in [1.165, 1.54) is 19.2 Å². The van der Waals surface area contributed by atoms with E-state index in [1.54, 1.807) is 24.3 Å². The molecule has 0 radical (unpaired) electrons. The van der Waals surface area contributed by atoms with Gasteiger partial charge in [0.25, 0.3) is 5.91 Å². The normalized spacial score (nSPS) is 10.0. The van der Waals surface area contributed by atoms with Crippen molar-refractivity contribution in [2.75, 3.05) is 12.4 Å². The van der Waals surface area contributed by atoms with E-state index in [0.717, 1.165) is 0 Å². The fourth-order valence-corrected chi connectivity index (χ4v) is 1.84. The van der Waals surface area contributed by atoms with Crippen LogP contribution in [0.5, 0.6) is 11.5 Å². The van der Waals surface area contributed by atoms with E-state index in [-0.39, 0.29) is 11.7 Å². The van der Waals surface area contributed by atoms with Crippen LogP contribution in [-0.2, 0) is 0 Å². The summed E-state index contributed by atoms with van der Waals surface area (Å²) in [6, 6.07) is 9.62. The van der Waals surface area contributed by atoms with Crippen LogP contribution in [0.4, 0.5) is 5.82 Å². The maximum atomic E-state index is 12.0. The molecule has 0 bridgehead atoms. The number of aromatic hydroxyl groups is 1. The van der Waals surface area contributed by atoms with Gasteiger partial charge in [-0.05, 0) is 46.3 Å². The predicted molar refractivity (Wildman–Crippen MR) is 74.5 cm³/mol. The number of benzene rings is 1. The number of nitrogens with zero attached hydrogens (tertiary/aromatic N) is 1. The van der Waals surface area contributed by atoms with Crippen molar-refractivity contribution in [2.24, 2.45) is 0 Å². The highest BCUT2D eigenvalue weighted by atomic mass is 79.9. The quantitative estimate of drug-likeness (QED) is 0.852. The average molecular weight is 323 g/mol. The van der Waals surface area contributed by atoms with Crippen molar-refractivity contribution in [3.05, 3.63) is 46.6 Å². The number of methoxy groups -OCH3 is 1. The van der Waals surface area contributed by atoms with Crippen LogP contribution in [0.1, 0.15) is 10.4 Å². The first-order valence-electron chi connectivity index (χ1n) is 5.41. The first-order valence-corrected chi connectivity index (χ1v) is 6.20. The molecule has 0 aliphatic heterocycles. The molecule has 1 aromatic heterocycles. The summed E-state index contributed by atoms with van der Waals surface area (Å²) >= 11 is 3.22. The number of aromatic nitrogens is 1. The number of halogens is 1. The Hall–Kier alpha value is -2.08. The van der Waals surface area contributed by atoms with E-state index in [4.69, 9.17) is 4.74 Å². The molecule has 5 nitrogen and oxygen atoms in total. The van der Waals surface area contributed by atoms with Gasteiger partial charge in [-0.15, -0.1) is 0 Å². The van der Waals surface area contributed by atoms with Gasteiger partial charge in [-0.3, -0.25) is 4.79 Å². The third kappa shape index (κ3) is 3.23. The standard InChI is InChI=1S/C13H11BrN2O3/c1-19-10-6-5-8(7-9(10)17)13(18)16-12-4-2-3-11(14)15-12/h2-7,17H,1H3,(H,15,16,18). The second-order valence-electron chi connectivity index (χ2n) is 3.69. The Morgan fingerprint density at radius 2 is 2.16 bits per heavy atom. The van der Waals surface area contributed by atoms with Crippen molar-refractivity contribution in [1.82, 2.24) is 4.98 Å². The summed E-state index contributed by atoms with van der Waals surface area (Å²) in [6.07, 6.45) is 0. The smallest absolute Gasteiger partial charge is 0.256 e. The molecule has 0 fully saturated rings. The van der Waals surface area contributed by atoms with E-state index in [2.05, 4.69) is 26.2 Å². The lowest BCUT2D eigenvalue weighted by molar-refractivity contribution is 0.102. The minimum absolute atomic E-state index is 0.0858. The van der Waals surface area contributed by atoms with Gasteiger partial charge in [0.1, 0.15) is 10.4 Å². The Kier molecular flexibility index (Phi) is 4.01. The second kappa shape index (κ2) is 5.71. The summed E-state index contributed by atoms with van der Waals surface area (Å²) in [5.41, 5.74) is 0.320. The molecule has 0 atom stereocenters. The number of amides is 1. The van der Waals surface area contributed by atoms with E-state index < -0.39 is 0 Å². The zero-order valence-electron chi connectivity index (χ0n) is 10.1. The van der Waals surface area contributed by atoms with Gasteiger partial charge in [0.05, 0.1) is 7.11 Å². The molecule has 0 aliphatic carbocycles. The second-order valence-corrected chi connectivity index (χ2v) is 4.50. The summed E-state index contributed by atoms with van der Waals surface area (Å²) in [7, 11) is 1.44. The minimum Gasteiger partial charge on any atom is -0.504 e. The van der Waals surface area contributed by atoms with Crippen LogP contribution in [0, 0.1) is 0 Å². The number of carbonyl (C=O) groups is 1. The number of pyridine rings is 1. The number of phenols is 1. The highest BCUT2D eigenvalue weighted by molar-refractivity contribution is 9.10. The molecule has 2 N–H and O–H groups in total. The van der Waals surface area contributed by atoms with Crippen molar-refractivity contribution in [1.29, 1.82) is 0 Å². The van der Waals surface area contributed by atoms with Gasteiger partial charge in [0.2, 0.25) is 0 Å². The SMILES string of the molecule is COc1ccc(C(=O)Nc2cccc(Br)n2)cc1O. The molecule has 0 saturated carbocycles. The van der Waals surface area contributed by atoms with Crippen LogP contribution in [0.2, 0.25) is 0 Å². The lowest BCUT2D eigenvalue weighted by Gasteiger charge is -2.07. The van der Waals surface area contributed by atoms with Gasteiger partial charge in [0.15, 0.2) is 11.5 Å². The summed E-state index contributed by atoms with van der Waals surface area (Å²) in [4.78, 5) is 16.1. The molecule has 0 aliphatic rings. The fourth-order valence-electron chi connectivity index (χ4n) is 1.50. The molecule has 6 heteroatoms. The molecular formula is C13H11BrN2O3. The molecule has 98 valence electrons. The zero-order valence-corrected chi connectivity index (χ0v) is 11.6. The average Bonchev–Trinajstić information content (AvgIpc) is 2.38. The van der Waals surface area contributed by atoms with Crippen molar-refractivity contribution >= 4 is 27.7 Å². The summed E-state index contributed by atoms with van der Waals surface area (Å²) in [5.74, 6) is 0.299. The van der Waals surface area contributed by atoms with E-state index >= 15 is 0 Å². The number of nitrogens with one attached hydrogen (secondary N) is 1. The predicted octanol–water partition coefficient (Wildman–Crippen LogP) is 2.81. The van der Waals surface area contributed by atoms with Gasteiger partial charge in [-0.2, -0.15) is 0 Å². The number of anilines is 1. The summed E-state index contributed by atoms with van der Waals surface area (Å²) < 4.78 is 5.54. The molecule has 2 rings (SSSR count). The number of hydrogen-bond acceptors (Lipinski definition) is 4. The number of ether oxygens (including phenoxy) is 1. The molecule has 1 amide bonds. The molecule has 0 saturated heterocycles. The number of hydrogen-bond donors (Lipinski definition) is 2. The lowest BCUT2D eigenvalue weighted by atomic mass is 10.2. The highest BCUT2D eigenvalue weighted by Crippen LogP contribution is 2.26. The van der Waals surface area contributed by atoms with Crippen LogP contribution >= 0.6 is 15.9 Å². The number of phenolic OH excluding ortho intramolecular Hbond substituents is 1. The van der Waals surface area contributed by atoms with Crippen molar-refractivity contribution in [2.45, 2.75) is 0 Å². The van der Waals surface area contributed by atoms with Crippen LogP contribution in [0.25, 0.3) is 0 Å². The summed E-state index contributed by atoms with van der Waals surface area (Å²) in [5, 5.41) is 12.3. The molecule has 2 aromatic rings. The topological polar surface area (TPSA) is 71.5 Å². The van der Waals surface area contributed by atoms with E-state index in [1.807, 2.05) is 0 Å². The lowest BCUT2D eigenvalue weighted by Crippen LogP contribution is -2.12. The first kappa shape index (κ1) is 13.4. The summed E-state index contributed by atoms with van der Waals surface area (Å²) in [6.45, 7) is 0. The van der Waals surface area contributed by atoms with Gasteiger partial charge in [0, 0.05) is 5.56 Å². The highest BCUT2D eigenvalue weighted by Gasteiger charge is 2.10. The maximum Gasteiger partial charge on any atom is 0.256 e. The van der Waals surface area contributed by atoms with Crippen LogP contribution in [0.15, 0.2) is 41.0 Å². The zero-order chi connectivity index (χ0) is 13.8. The molecule has 0 unspecified atom stereocenters. The fraction of sp³-hybridized carbons (Fsp3) is 0.0769. The van der Waals surface area contributed by atoms with Gasteiger partial charge >= 0.3 is 0 Å². The van der Waals surface area contributed by atoms with Gasteiger partial charge < -0.3 is 15.2 Å². The van der Waals surface area contributed by atoms with E-state index in [0.29, 0.717) is 21.7 Å². The molecule has 0 spiro atoms. The van der Waals surface area contributed by atoms with Crippen LogP contribution in [0.3, 0.4) is 0 Å². The Morgan fingerprint density at radius 1 is 1.37 bits per heavy atom. The molecule has 1 aromatic carbocycles. The van der Waals surface area contributed by atoms with Crippen molar-refractivity contribution in [3.63, 3.8) is 0 Å².